The number of nitrogens with zero attached hydrogens (tertiary/aromatic N) is 4. The average molecular weight is 559 g/mol. The first-order valence-corrected chi connectivity index (χ1v) is 13.8. The molecule has 0 saturated carbocycles. The van der Waals surface area contributed by atoms with E-state index in [0.29, 0.717) is 23.2 Å². The number of hydrogen-bond donors (Lipinski definition) is 1. The molecule has 38 heavy (non-hydrogen) atoms. The molecule has 0 aliphatic carbocycles. The zero-order valence-electron chi connectivity index (χ0n) is 21.3. The minimum absolute atomic E-state index is 0. The Morgan fingerprint density at radius 3 is 2.37 bits per heavy atom. The van der Waals surface area contributed by atoms with Crippen molar-refractivity contribution in [3.8, 4) is 0 Å². The topological polar surface area (TPSA) is 51.7 Å². The third-order valence-electron chi connectivity index (χ3n) is 7.46. The number of halogens is 3. The van der Waals surface area contributed by atoms with Gasteiger partial charge in [0, 0.05) is 52.9 Å². The fourth-order valence-corrected chi connectivity index (χ4v) is 5.71. The number of nitrogens with one attached hydrogen (secondary N) is 1. The highest BCUT2D eigenvalue weighted by molar-refractivity contribution is 6.33. The van der Waals surface area contributed by atoms with Gasteiger partial charge in [0.2, 0.25) is 0 Å². The normalized spacial score (nSPS) is 17.5. The quantitative estimate of drug-likeness (QED) is 0.416. The van der Waals surface area contributed by atoms with Crippen LogP contribution in [-0.4, -0.2) is 66.0 Å². The van der Waals surface area contributed by atoms with Gasteiger partial charge >= 0.3 is 0 Å². The Morgan fingerprint density at radius 1 is 0.947 bits per heavy atom. The molecule has 1 N–H and O–H groups in total. The van der Waals surface area contributed by atoms with Crippen LogP contribution in [0.1, 0.15) is 35.8 Å². The van der Waals surface area contributed by atoms with Crippen molar-refractivity contribution in [3.05, 3.63) is 93.3 Å². The molecule has 2 aromatic carbocycles. The number of rotatable bonds is 7. The van der Waals surface area contributed by atoms with Gasteiger partial charge in [0.05, 0.1) is 15.6 Å². The lowest BCUT2D eigenvalue weighted by Gasteiger charge is -2.43. The molecule has 2 aliphatic rings. The number of anilines is 1. The lowest BCUT2D eigenvalue weighted by molar-refractivity contribution is 0.0950. The van der Waals surface area contributed by atoms with Crippen LogP contribution in [0.15, 0.2) is 60.8 Å². The van der Waals surface area contributed by atoms with Crippen molar-refractivity contribution in [2.75, 3.05) is 44.2 Å². The van der Waals surface area contributed by atoms with E-state index in [1.165, 1.54) is 6.07 Å². The molecule has 3 heterocycles. The minimum atomic E-state index is -0.354. The van der Waals surface area contributed by atoms with Gasteiger partial charge in [-0.15, -0.1) is 0 Å². The van der Waals surface area contributed by atoms with Crippen LogP contribution in [0.25, 0.3) is 0 Å². The largest absolute Gasteiger partial charge is 0.353 e. The van der Waals surface area contributed by atoms with Gasteiger partial charge in [0.15, 0.2) is 0 Å². The van der Waals surface area contributed by atoms with Gasteiger partial charge in [-0.3, -0.25) is 14.6 Å². The second-order valence-corrected chi connectivity index (χ2v) is 10.8. The Labute approximate surface area is 234 Å². The summed E-state index contributed by atoms with van der Waals surface area (Å²) in [6.45, 7) is 6.78. The molecule has 5 rings (SSSR count). The fraction of sp³-hybridized carbons (Fsp3) is 0.379. The second kappa shape index (κ2) is 12.4. The molecule has 0 bridgehead atoms. The lowest BCUT2D eigenvalue weighted by atomic mass is 10.0. The Bertz CT molecular complexity index is 1250. The van der Waals surface area contributed by atoms with Crippen LogP contribution in [0.3, 0.4) is 0 Å². The molecule has 1 aromatic heterocycles. The van der Waals surface area contributed by atoms with Crippen LogP contribution in [0.5, 0.6) is 0 Å². The molecule has 9 heteroatoms. The smallest absolute Gasteiger partial charge is 0.253 e. The number of piperidine rings is 1. The summed E-state index contributed by atoms with van der Waals surface area (Å²) in [5, 5.41) is 3.59. The summed E-state index contributed by atoms with van der Waals surface area (Å²) in [6, 6.07) is 17.1. The van der Waals surface area contributed by atoms with Crippen LogP contribution in [0, 0.1) is 5.82 Å². The number of hydrogen-bond acceptors (Lipinski definition) is 5. The second-order valence-electron chi connectivity index (χ2n) is 9.98. The molecular weight excluding hydrogens is 524 g/mol. The molecule has 202 valence electrons. The highest BCUT2D eigenvalue weighted by Gasteiger charge is 2.28. The molecule has 0 radical (unpaired) electrons. The molecule has 6 nitrogen and oxygen atoms in total. The van der Waals surface area contributed by atoms with Crippen molar-refractivity contribution in [2.45, 2.75) is 32.0 Å². The molecule has 3 aromatic rings. The zero-order valence-corrected chi connectivity index (χ0v) is 22.8. The molecule has 2 fully saturated rings. The van der Waals surface area contributed by atoms with Gasteiger partial charge in [-0.1, -0.05) is 59.6 Å². The summed E-state index contributed by atoms with van der Waals surface area (Å²) in [7, 11) is 0. The van der Waals surface area contributed by atoms with E-state index in [1.807, 2.05) is 36.4 Å². The Morgan fingerprint density at radius 2 is 1.68 bits per heavy atom. The van der Waals surface area contributed by atoms with Crippen molar-refractivity contribution < 1.29 is 10.6 Å². The summed E-state index contributed by atoms with van der Waals surface area (Å²) < 4.78 is 13.8. The third kappa shape index (κ3) is 6.64. The number of amides is 1. The van der Waals surface area contributed by atoms with Crippen LogP contribution in [0.4, 0.5) is 10.2 Å². The maximum absolute atomic E-state index is 13.8. The van der Waals surface area contributed by atoms with E-state index < -0.39 is 0 Å². The van der Waals surface area contributed by atoms with Crippen LogP contribution >= 0.6 is 23.2 Å². The average Bonchev–Trinajstić information content (AvgIpc) is 2.95. The first-order valence-electron chi connectivity index (χ1n) is 13.1. The predicted molar refractivity (Wildman–Crippen MR) is 152 cm³/mol. The lowest BCUT2D eigenvalue weighted by Crippen LogP contribution is -2.53. The number of carbonyl (C=O) groups is 1. The third-order valence-corrected chi connectivity index (χ3v) is 8.04. The number of likely N-dealkylation sites (tertiary alicyclic amines) is 1. The number of piperazine rings is 1. The van der Waals surface area contributed by atoms with E-state index in [2.05, 4.69) is 25.0 Å². The van der Waals surface area contributed by atoms with Crippen LogP contribution in [0.2, 0.25) is 10.0 Å². The van der Waals surface area contributed by atoms with Gasteiger partial charge < -0.3 is 10.2 Å². The van der Waals surface area contributed by atoms with Gasteiger partial charge in [-0.25, -0.2) is 9.37 Å². The summed E-state index contributed by atoms with van der Waals surface area (Å²) >= 11 is 12.4. The van der Waals surface area contributed by atoms with Gasteiger partial charge in [0.25, 0.3) is 5.91 Å². The van der Waals surface area contributed by atoms with Crippen molar-refractivity contribution in [2.24, 2.45) is 0 Å². The van der Waals surface area contributed by atoms with Gasteiger partial charge in [-0.05, 0) is 55.3 Å². The number of carbonyl (C=O) groups excluding carboxylic acids is 1. The van der Waals surface area contributed by atoms with Crippen LogP contribution < -0.4 is 10.2 Å². The molecule has 1 amide bonds. The summed E-state index contributed by atoms with van der Waals surface area (Å²) in [6.07, 6.45) is 3.81. The SMILES string of the molecule is O=C(NCc1ccccc1)c1cnc(N2CCN(C3CCN(Cc4ccc(Cl)c(F)c4)CC3)CC2)c(Cl)c1.[HH]. The minimum Gasteiger partial charge on any atom is -0.353 e. The highest BCUT2D eigenvalue weighted by atomic mass is 35.5. The van der Waals surface area contributed by atoms with E-state index in [4.69, 9.17) is 23.2 Å². The van der Waals surface area contributed by atoms with Gasteiger partial charge in [0.1, 0.15) is 11.6 Å². The van der Waals surface area contributed by atoms with Crippen LogP contribution in [-0.2, 0) is 13.1 Å². The summed E-state index contributed by atoms with van der Waals surface area (Å²) in [5.41, 5.74) is 2.46. The summed E-state index contributed by atoms with van der Waals surface area (Å²) in [4.78, 5) is 24.3. The van der Waals surface area contributed by atoms with E-state index in [0.717, 1.165) is 75.6 Å². The zero-order chi connectivity index (χ0) is 26.5. The maximum Gasteiger partial charge on any atom is 0.253 e. The van der Waals surface area contributed by atoms with E-state index in [-0.39, 0.29) is 18.2 Å². The molecule has 0 spiro atoms. The predicted octanol–water partition coefficient (Wildman–Crippen LogP) is 5.49. The standard InChI is InChI=1S/C29H32Cl2FN5O.H2/c30-25-7-6-22(16-27(25)32)20-35-10-8-24(9-11-35)36-12-14-37(15-13-36)28-26(31)17-23(19-33-28)29(38)34-18-21-4-2-1-3-5-21;/h1-7,16-17,19,24H,8-15,18,20H2,(H,34,38);1H. The summed E-state index contributed by atoms with van der Waals surface area (Å²) in [5.74, 6) is 0.190. The molecule has 0 atom stereocenters. The number of benzene rings is 2. The van der Waals surface area contributed by atoms with E-state index >= 15 is 0 Å². The molecular formula is C29H34Cl2FN5O. The molecule has 2 aliphatic heterocycles. The number of aromatic nitrogens is 1. The molecule has 2 saturated heterocycles. The Balaban J connectivity index is 0.00000353. The van der Waals surface area contributed by atoms with Crippen molar-refractivity contribution >= 4 is 34.9 Å². The van der Waals surface area contributed by atoms with Gasteiger partial charge in [-0.2, -0.15) is 0 Å². The first-order chi connectivity index (χ1) is 18.5. The van der Waals surface area contributed by atoms with Crippen molar-refractivity contribution in [3.63, 3.8) is 0 Å². The maximum atomic E-state index is 13.8. The monoisotopic (exact) mass is 557 g/mol. The Kier molecular flexibility index (Phi) is 8.79. The van der Waals surface area contributed by atoms with Crippen molar-refractivity contribution in [1.82, 2.24) is 20.1 Å². The Hall–Kier alpha value is -2.71. The van der Waals surface area contributed by atoms with E-state index in [9.17, 15) is 9.18 Å². The van der Waals surface area contributed by atoms with E-state index in [1.54, 1.807) is 18.3 Å². The first kappa shape index (κ1) is 26.9. The highest BCUT2D eigenvalue weighted by Crippen LogP contribution is 2.27. The molecule has 0 unspecified atom stereocenters. The fourth-order valence-electron chi connectivity index (χ4n) is 5.31. The van der Waals surface area contributed by atoms with Crippen molar-refractivity contribution in [1.29, 1.82) is 0 Å². The number of pyridine rings is 1.